The summed E-state index contributed by atoms with van der Waals surface area (Å²) in [6.07, 6.45) is -0.0116. The van der Waals surface area contributed by atoms with Crippen molar-refractivity contribution in [3.63, 3.8) is 0 Å². The summed E-state index contributed by atoms with van der Waals surface area (Å²) in [5, 5.41) is 3.03. The number of esters is 1. The van der Waals surface area contributed by atoms with E-state index in [4.69, 9.17) is 22.1 Å². The van der Waals surface area contributed by atoms with Crippen LogP contribution in [0.15, 0.2) is 24.3 Å². The molecule has 0 radical (unpaired) electrons. The normalized spacial score (nSPS) is 13.0. The second-order valence-corrected chi connectivity index (χ2v) is 5.28. The first-order valence-corrected chi connectivity index (χ1v) is 7.24. The first-order valence-electron chi connectivity index (χ1n) is 6.86. The number of carbonyl (C=O) groups is 3. The number of amides is 2. The highest BCUT2D eigenvalue weighted by Gasteiger charge is 2.27. The van der Waals surface area contributed by atoms with Crippen LogP contribution in [0.25, 0.3) is 0 Å². The summed E-state index contributed by atoms with van der Waals surface area (Å²) in [6, 6.07) is 5.24. The number of primary amides is 1. The Balaban J connectivity index is 2.75. The lowest BCUT2D eigenvalue weighted by Crippen LogP contribution is -2.49. The van der Waals surface area contributed by atoms with E-state index in [1.165, 1.54) is 12.1 Å². The van der Waals surface area contributed by atoms with E-state index in [1.807, 2.05) is 0 Å². The van der Waals surface area contributed by atoms with Gasteiger partial charge in [0.15, 0.2) is 0 Å². The van der Waals surface area contributed by atoms with Crippen LogP contribution >= 0.6 is 11.6 Å². The van der Waals surface area contributed by atoms with Gasteiger partial charge in [-0.2, -0.15) is 0 Å². The number of hydrogen-bond donors (Lipinski definition) is 2. The summed E-state index contributed by atoms with van der Waals surface area (Å²) in [6.45, 7) is 3.59. The van der Waals surface area contributed by atoms with Gasteiger partial charge in [0.25, 0.3) is 5.91 Å². The molecule has 1 aromatic carbocycles. The number of nitrogens with one attached hydrogen (secondary N) is 1. The smallest absolute Gasteiger partial charge is 0.306 e. The molecule has 0 aliphatic heterocycles. The van der Waals surface area contributed by atoms with E-state index in [-0.39, 0.29) is 13.0 Å². The third-order valence-corrected chi connectivity index (χ3v) is 3.31. The minimum atomic E-state index is -0.965. The van der Waals surface area contributed by atoms with E-state index in [0.717, 1.165) is 0 Å². The van der Waals surface area contributed by atoms with Crippen LogP contribution < -0.4 is 11.1 Å². The van der Waals surface area contributed by atoms with Gasteiger partial charge >= 0.3 is 5.97 Å². The summed E-state index contributed by atoms with van der Waals surface area (Å²) in [5.74, 6) is -2.09. The molecule has 0 fully saturated rings. The van der Waals surface area contributed by atoms with Crippen molar-refractivity contribution in [2.45, 2.75) is 26.3 Å². The fourth-order valence-electron chi connectivity index (χ4n) is 1.92. The number of benzene rings is 1. The number of ether oxygens (including phenoxy) is 1. The van der Waals surface area contributed by atoms with Gasteiger partial charge in [-0.05, 0) is 37.1 Å². The van der Waals surface area contributed by atoms with Gasteiger partial charge in [0.2, 0.25) is 5.91 Å². The van der Waals surface area contributed by atoms with Gasteiger partial charge in [-0.1, -0.05) is 18.5 Å². The van der Waals surface area contributed by atoms with Gasteiger partial charge in [-0.25, -0.2) is 0 Å². The Bertz CT molecular complexity index is 545. The van der Waals surface area contributed by atoms with Crippen molar-refractivity contribution < 1.29 is 19.1 Å². The van der Waals surface area contributed by atoms with Gasteiger partial charge in [0.1, 0.15) is 6.04 Å². The average Bonchev–Trinajstić information content (AvgIpc) is 2.44. The van der Waals surface area contributed by atoms with E-state index in [0.29, 0.717) is 10.6 Å². The van der Waals surface area contributed by atoms with Crippen molar-refractivity contribution in [3.8, 4) is 0 Å². The topological polar surface area (TPSA) is 98.5 Å². The van der Waals surface area contributed by atoms with Crippen molar-refractivity contribution in [3.05, 3.63) is 34.9 Å². The first-order chi connectivity index (χ1) is 10.3. The van der Waals surface area contributed by atoms with E-state index >= 15 is 0 Å². The van der Waals surface area contributed by atoms with Gasteiger partial charge < -0.3 is 15.8 Å². The molecule has 1 rings (SSSR count). The summed E-state index contributed by atoms with van der Waals surface area (Å²) in [4.78, 5) is 35.1. The Labute approximate surface area is 134 Å². The van der Waals surface area contributed by atoms with Crippen LogP contribution in [0.1, 0.15) is 30.6 Å². The molecule has 6 nitrogen and oxygen atoms in total. The zero-order valence-corrected chi connectivity index (χ0v) is 13.2. The molecule has 0 bridgehead atoms. The molecule has 22 heavy (non-hydrogen) atoms. The minimum Gasteiger partial charge on any atom is -0.466 e. The molecule has 0 saturated carbocycles. The Morgan fingerprint density at radius 3 is 2.36 bits per heavy atom. The molecule has 0 aromatic heterocycles. The number of halogens is 1. The van der Waals surface area contributed by atoms with Crippen LogP contribution in [-0.2, 0) is 14.3 Å². The molecule has 3 N–H and O–H groups in total. The third-order valence-electron chi connectivity index (χ3n) is 3.06. The van der Waals surface area contributed by atoms with Crippen molar-refractivity contribution in [2.75, 3.05) is 6.61 Å². The maximum atomic E-state index is 12.1. The lowest BCUT2D eigenvalue weighted by Gasteiger charge is -2.21. The molecule has 0 aliphatic carbocycles. The maximum absolute atomic E-state index is 12.1. The molecule has 2 atom stereocenters. The Kier molecular flexibility index (Phi) is 6.85. The van der Waals surface area contributed by atoms with Crippen LogP contribution in [0, 0.1) is 5.92 Å². The quantitative estimate of drug-likeness (QED) is 0.742. The van der Waals surface area contributed by atoms with Crippen LogP contribution in [0.3, 0.4) is 0 Å². The minimum absolute atomic E-state index is 0.0116. The second-order valence-electron chi connectivity index (χ2n) is 4.85. The zero-order valence-electron chi connectivity index (χ0n) is 12.5. The molecule has 120 valence electrons. The van der Waals surface area contributed by atoms with Crippen LogP contribution in [0.2, 0.25) is 5.02 Å². The van der Waals surface area contributed by atoms with E-state index in [2.05, 4.69) is 5.32 Å². The molecular weight excluding hydrogens is 308 g/mol. The predicted molar refractivity (Wildman–Crippen MR) is 82.3 cm³/mol. The second kappa shape index (κ2) is 8.38. The highest BCUT2D eigenvalue weighted by molar-refractivity contribution is 6.30. The summed E-state index contributed by atoms with van der Waals surface area (Å²) < 4.78 is 4.83. The number of hydrogen-bond acceptors (Lipinski definition) is 4. The van der Waals surface area contributed by atoms with Gasteiger partial charge in [0.05, 0.1) is 13.0 Å². The predicted octanol–water partition coefficient (Wildman–Crippen LogP) is 1.51. The first kappa shape index (κ1) is 18.0. The summed E-state index contributed by atoms with van der Waals surface area (Å²) in [7, 11) is 0. The number of nitrogens with two attached hydrogens (primary N) is 1. The maximum Gasteiger partial charge on any atom is 0.306 e. The largest absolute Gasteiger partial charge is 0.466 e. The van der Waals surface area contributed by atoms with Crippen LogP contribution in [0.5, 0.6) is 0 Å². The van der Waals surface area contributed by atoms with Crippen molar-refractivity contribution in [1.82, 2.24) is 5.32 Å². The van der Waals surface area contributed by atoms with Crippen molar-refractivity contribution >= 4 is 29.4 Å². The molecule has 2 amide bonds. The lowest BCUT2D eigenvalue weighted by molar-refractivity contribution is -0.144. The highest BCUT2D eigenvalue weighted by Crippen LogP contribution is 2.13. The molecule has 7 heteroatoms. The average molecular weight is 327 g/mol. The summed E-state index contributed by atoms with van der Waals surface area (Å²) in [5.41, 5.74) is 5.66. The van der Waals surface area contributed by atoms with E-state index in [9.17, 15) is 14.4 Å². The fraction of sp³-hybridized carbons (Fsp3) is 0.400. The zero-order chi connectivity index (χ0) is 16.7. The number of carbonyl (C=O) groups excluding carboxylic acids is 3. The monoisotopic (exact) mass is 326 g/mol. The third kappa shape index (κ3) is 5.37. The summed E-state index contributed by atoms with van der Waals surface area (Å²) >= 11 is 5.75. The Morgan fingerprint density at radius 2 is 1.86 bits per heavy atom. The van der Waals surface area contributed by atoms with E-state index in [1.54, 1.807) is 26.0 Å². The van der Waals surface area contributed by atoms with Crippen molar-refractivity contribution in [1.29, 1.82) is 0 Å². The SMILES string of the molecule is CCOC(=O)C[C@@H](C)[C@@H](NC(=O)c1ccc(Cl)cc1)C(N)=O. The van der Waals surface area contributed by atoms with Crippen LogP contribution in [-0.4, -0.2) is 30.4 Å². The van der Waals surface area contributed by atoms with Gasteiger partial charge in [-0.15, -0.1) is 0 Å². The number of rotatable bonds is 7. The molecular formula is C15H19ClN2O4. The Morgan fingerprint density at radius 1 is 1.27 bits per heavy atom. The van der Waals surface area contributed by atoms with Crippen LogP contribution in [0.4, 0.5) is 0 Å². The molecule has 1 aromatic rings. The van der Waals surface area contributed by atoms with Gasteiger partial charge in [0, 0.05) is 10.6 Å². The van der Waals surface area contributed by atoms with E-state index < -0.39 is 29.7 Å². The lowest BCUT2D eigenvalue weighted by atomic mass is 9.97. The van der Waals surface area contributed by atoms with Gasteiger partial charge in [-0.3, -0.25) is 14.4 Å². The molecule has 0 spiro atoms. The molecule has 0 heterocycles. The fourth-order valence-corrected chi connectivity index (χ4v) is 2.05. The molecule has 0 unspecified atom stereocenters. The van der Waals surface area contributed by atoms with Crippen molar-refractivity contribution in [2.24, 2.45) is 11.7 Å². The molecule has 0 aliphatic rings. The standard InChI is InChI=1S/C15H19ClN2O4/c1-3-22-12(19)8-9(2)13(14(17)20)18-15(21)10-4-6-11(16)7-5-10/h4-7,9,13H,3,8H2,1-2H3,(H2,17,20)(H,18,21)/t9-,13-/m1/s1. The Hall–Kier alpha value is -2.08. The highest BCUT2D eigenvalue weighted by atomic mass is 35.5. The molecule has 0 saturated heterocycles.